The monoisotopic (exact) mass is 931 g/mol. The average Bonchev–Trinajstić information content (AvgIpc) is 3.65. The third-order valence-electron chi connectivity index (χ3n) is 12.7. The van der Waals surface area contributed by atoms with Gasteiger partial charge in [0.15, 0.2) is 0 Å². The minimum absolute atomic E-state index is 0.0181. The van der Waals surface area contributed by atoms with E-state index in [1.165, 1.54) is 120 Å². The number of fused-ring (bicyclic) bond motifs is 1. The van der Waals surface area contributed by atoms with Crippen LogP contribution in [-0.4, -0.2) is 86.4 Å². The number of likely N-dealkylation sites (N-methyl/N-ethyl adjacent to an activating group) is 1. The normalized spacial score (nSPS) is 12.4. The number of unbranched alkanes of at least 4 members (excludes halogenated alkanes) is 21. The Morgan fingerprint density at radius 1 is 0.631 bits per heavy atom. The van der Waals surface area contributed by atoms with Crippen LogP contribution in [0.2, 0.25) is 0 Å². The van der Waals surface area contributed by atoms with E-state index in [0.29, 0.717) is 101 Å². The van der Waals surface area contributed by atoms with Gasteiger partial charge >= 0.3 is 11.9 Å². The molecule has 65 heavy (non-hydrogen) atoms. The Bertz CT molecular complexity index is 1430. The summed E-state index contributed by atoms with van der Waals surface area (Å²) in [5.41, 5.74) is 1.41. The topological polar surface area (TPSA) is 134 Å². The van der Waals surface area contributed by atoms with E-state index in [4.69, 9.17) is 9.47 Å². The fourth-order valence-electron chi connectivity index (χ4n) is 8.57. The summed E-state index contributed by atoms with van der Waals surface area (Å²) < 4.78 is 11.2. The van der Waals surface area contributed by atoms with Gasteiger partial charge in [0.2, 0.25) is 11.8 Å². The minimum Gasteiger partial charge on any atom is -0.466 e. The summed E-state index contributed by atoms with van der Waals surface area (Å²) in [6, 6.07) is 0. The van der Waals surface area contributed by atoms with Gasteiger partial charge in [0.1, 0.15) is 5.00 Å². The lowest BCUT2D eigenvalue weighted by atomic mass is 9.94. The molecule has 12 heteroatoms. The summed E-state index contributed by atoms with van der Waals surface area (Å²) in [6.45, 7) is 9.60. The first-order chi connectivity index (χ1) is 31.6. The molecule has 0 aliphatic carbocycles. The Balaban J connectivity index is 1.82. The molecule has 1 aliphatic rings. The lowest BCUT2D eigenvalue weighted by molar-refractivity contribution is -0.149. The Hall–Kier alpha value is -2.99. The molecule has 0 saturated heterocycles. The molecule has 3 amide bonds. The van der Waals surface area contributed by atoms with Gasteiger partial charge in [0.25, 0.3) is 5.91 Å². The van der Waals surface area contributed by atoms with E-state index in [0.717, 1.165) is 55.4 Å². The molecule has 0 bridgehead atoms. The second-order valence-corrected chi connectivity index (χ2v) is 20.0. The van der Waals surface area contributed by atoms with E-state index in [2.05, 4.69) is 31.4 Å². The standard InChI is InChI=1S/C53H94N4O7S/c1-6-9-12-15-18-19-20-23-30-41-63-49(60)36-29-28-35-48(59)57-39-37-45-46(43-57)65-52(50(45)51(61)54-38-40-56(4)5)55-47(58)34-27-24-31-42-64-53(62)44(32-25-21-16-13-10-7-2)33-26-22-17-14-11-8-3/h44H,6-43H2,1-5H3,(H,54,61)(H,55,58). The quantitative estimate of drug-likeness (QED) is 0.0490. The number of nitrogens with zero attached hydrogens (tertiary/aromatic N) is 2. The summed E-state index contributed by atoms with van der Waals surface area (Å²) in [5.74, 6) is -0.592. The number of nitrogens with one attached hydrogen (secondary N) is 2. The smallest absolute Gasteiger partial charge is 0.308 e. The largest absolute Gasteiger partial charge is 0.466 e. The zero-order valence-corrected chi connectivity index (χ0v) is 42.9. The van der Waals surface area contributed by atoms with Crippen molar-refractivity contribution in [3.05, 3.63) is 16.0 Å². The summed E-state index contributed by atoms with van der Waals surface area (Å²) in [4.78, 5) is 70.4. The van der Waals surface area contributed by atoms with E-state index >= 15 is 0 Å². The van der Waals surface area contributed by atoms with Gasteiger partial charge in [-0.2, -0.15) is 0 Å². The number of amides is 3. The average molecular weight is 931 g/mol. The summed E-state index contributed by atoms with van der Waals surface area (Å²) >= 11 is 1.39. The van der Waals surface area contributed by atoms with Crippen LogP contribution < -0.4 is 10.6 Å². The van der Waals surface area contributed by atoms with E-state index in [-0.39, 0.29) is 35.6 Å². The second-order valence-electron chi connectivity index (χ2n) is 18.9. The van der Waals surface area contributed by atoms with E-state index in [1.54, 1.807) is 0 Å². The maximum Gasteiger partial charge on any atom is 0.308 e. The molecule has 0 radical (unpaired) electrons. The van der Waals surface area contributed by atoms with Gasteiger partial charge in [-0.05, 0) is 77.4 Å². The molecule has 0 fully saturated rings. The third kappa shape index (κ3) is 27.4. The number of rotatable bonds is 41. The minimum atomic E-state index is -0.211. The van der Waals surface area contributed by atoms with Crippen molar-refractivity contribution in [2.75, 3.05) is 52.3 Å². The summed E-state index contributed by atoms with van der Waals surface area (Å²) in [6.07, 6.45) is 32.2. The lowest BCUT2D eigenvalue weighted by Gasteiger charge is -2.27. The predicted octanol–water partition coefficient (Wildman–Crippen LogP) is 12.7. The van der Waals surface area contributed by atoms with Crippen molar-refractivity contribution in [1.29, 1.82) is 0 Å². The summed E-state index contributed by atoms with van der Waals surface area (Å²) in [7, 11) is 3.91. The highest BCUT2D eigenvalue weighted by molar-refractivity contribution is 7.17. The van der Waals surface area contributed by atoms with Crippen molar-refractivity contribution >= 4 is 46.0 Å². The number of thiophene rings is 1. The molecular formula is C53H94N4O7S. The van der Waals surface area contributed by atoms with Crippen LogP contribution in [0.15, 0.2) is 0 Å². The number of hydrogen-bond acceptors (Lipinski definition) is 9. The highest BCUT2D eigenvalue weighted by atomic mass is 32.1. The first-order valence-electron chi connectivity index (χ1n) is 26.6. The molecule has 0 saturated carbocycles. The molecule has 2 N–H and O–H groups in total. The molecule has 2 rings (SSSR count). The van der Waals surface area contributed by atoms with Crippen molar-refractivity contribution in [2.24, 2.45) is 5.92 Å². The van der Waals surface area contributed by atoms with Crippen molar-refractivity contribution in [2.45, 2.75) is 233 Å². The van der Waals surface area contributed by atoms with Gasteiger partial charge in [0.05, 0.1) is 31.2 Å². The molecule has 1 aromatic rings. The van der Waals surface area contributed by atoms with E-state index in [9.17, 15) is 24.0 Å². The maximum absolute atomic E-state index is 13.6. The van der Waals surface area contributed by atoms with Crippen molar-refractivity contribution < 1.29 is 33.4 Å². The van der Waals surface area contributed by atoms with Crippen LogP contribution >= 0.6 is 11.3 Å². The molecule has 0 unspecified atom stereocenters. The van der Waals surface area contributed by atoms with Crippen molar-refractivity contribution in [3.63, 3.8) is 0 Å². The van der Waals surface area contributed by atoms with Crippen LogP contribution in [0.25, 0.3) is 0 Å². The van der Waals surface area contributed by atoms with Crippen LogP contribution in [-0.2, 0) is 41.6 Å². The second kappa shape index (κ2) is 38.0. The molecule has 0 atom stereocenters. The fraction of sp³-hybridized carbons (Fsp3) is 0.830. The predicted molar refractivity (Wildman–Crippen MR) is 269 cm³/mol. The van der Waals surface area contributed by atoms with Gasteiger partial charge in [-0.15, -0.1) is 11.3 Å². The van der Waals surface area contributed by atoms with Crippen LogP contribution in [0.3, 0.4) is 0 Å². The number of carbonyl (C=O) groups is 5. The first-order valence-corrected chi connectivity index (χ1v) is 27.4. The maximum atomic E-state index is 13.6. The van der Waals surface area contributed by atoms with Gasteiger partial charge in [0, 0.05) is 43.8 Å². The molecule has 0 aromatic carbocycles. The first kappa shape index (κ1) is 58.1. The number of hydrogen-bond donors (Lipinski definition) is 2. The molecule has 1 aromatic heterocycles. The lowest BCUT2D eigenvalue weighted by Crippen LogP contribution is -2.36. The Morgan fingerprint density at radius 2 is 1.14 bits per heavy atom. The zero-order valence-electron chi connectivity index (χ0n) is 42.1. The Morgan fingerprint density at radius 3 is 1.72 bits per heavy atom. The van der Waals surface area contributed by atoms with E-state index in [1.807, 2.05) is 23.9 Å². The molecular weight excluding hydrogens is 837 g/mol. The van der Waals surface area contributed by atoms with Crippen LogP contribution in [0.5, 0.6) is 0 Å². The van der Waals surface area contributed by atoms with Crippen LogP contribution in [0.1, 0.15) is 241 Å². The number of anilines is 1. The Kier molecular flexibility index (Phi) is 34.0. The Labute approximate surface area is 400 Å². The van der Waals surface area contributed by atoms with E-state index < -0.39 is 0 Å². The third-order valence-corrected chi connectivity index (χ3v) is 13.8. The molecule has 374 valence electrons. The van der Waals surface area contributed by atoms with Crippen molar-refractivity contribution in [3.8, 4) is 0 Å². The highest BCUT2D eigenvalue weighted by Crippen LogP contribution is 2.37. The number of carbonyl (C=O) groups excluding carboxylic acids is 5. The molecule has 0 spiro atoms. The van der Waals surface area contributed by atoms with Gasteiger partial charge < -0.3 is 29.9 Å². The fourth-order valence-corrected chi connectivity index (χ4v) is 9.84. The molecule has 2 heterocycles. The number of ether oxygens (including phenoxy) is 2. The van der Waals surface area contributed by atoms with Gasteiger partial charge in [-0.3, -0.25) is 24.0 Å². The SMILES string of the molecule is CCCCCCCCCCCOC(=O)CCCCC(=O)N1CCc2c(sc(NC(=O)CCCCCOC(=O)C(CCCCCCCC)CCCCCCCC)c2C(=O)NCCN(C)C)C1. The molecule has 1 aliphatic heterocycles. The van der Waals surface area contributed by atoms with Crippen LogP contribution in [0.4, 0.5) is 5.00 Å². The van der Waals surface area contributed by atoms with Crippen LogP contribution in [0, 0.1) is 5.92 Å². The van der Waals surface area contributed by atoms with Gasteiger partial charge in [-0.25, -0.2) is 0 Å². The number of esters is 2. The molecule has 11 nitrogen and oxygen atoms in total. The zero-order chi connectivity index (χ0) is 47.3. The summed E-state index contributed by atoms with van der Waals surface area (Å²) in [5, 5.41) is 6.62. The van der Waals surface area contributed by atoms with Gasteiger partial charge in [-0.1, -0.05) is 149 Å². The van der Waals surface area contributed by atoms with Crippen molar-refractivity contribution in [1.82, 2.24) is 15.1 Å². The highest BCUT2D eigenvalue weighted by Gasteiger charge is 2.30.